The number of thiophene rings is 1. The van der Waals surface area contributed by atoms with Gasteiger partial charge in [-0.15, -0.1) is 11.3 Å². The zero-order valence-corrected chi connectivity index (χ0v) is 21.0. The molecule has 0 fully saturated rings. The van der Waals surface area contributed by atoms with E-state index < -0.39 is 14.9 Å². The summed E-state index contributed by atoms with van der Waals surface area (Å²) in [7, 11) is -1.19. The third-order valence-electron chi connectivity index (χ3n) is 7.27. The molecule has 3 heteroatoms. The average Bonchev–Trinajstić information content (AvgIpc) is 3.36. The van der Waals surface area contributed by atoms with Crippen molar-refractivity contribution in [1.29, 1.82) is 0 Å². The van der Waals surface area contributed by atoms with E-state index in [4.69, 9.17) is 4.11 Å². The first-order valence-electron chi connectivity index (χ1n) is 13.5. The number of anilines is 1. The lowest BCUT2D eigenvalue weighted by atomic mass is 9.89. The van der Waals surface area contributed by atoms with Crippen LogP contribution in [-0.2, 0) is 0 Å². The van der Waals surface area contributed by atoms with Crippen LogP contribution in [-0.4, -0.2) is 0 Å². The van der Waals surface area contributed by atoms with E-state index in [1.165, 1.54) is 25.6 Å². The summed E-state index contributed by atoms with van der Waals surface area (Å²) in [5.74, 6) is 0. The first-order valence-corrected chi connectivity index (χ1v) is 14.2. The zero-order valence-electron chi connectivity index (χ0n) is 22.2. The molecular weight excluding hydrogens is 473 g/mol. The highest BCUT2D eigenvalue weighted by Gasteiger charge is 2.32. The van der Waals surface area contributed by atoms with Gasteiger partial charge >= 0.3 is 0 Å². The van der Waals surface area contributed by atoms with Gasteiger partial charge in [-0.05, 0) is 40.0 Å². The van der Waals surface area contributed by atoms with E-state index in [1.807, 2.05) is 47.7 Å². The largest absolute Gasteiger partial charge is 0.355 e. The average molecular weight is 499 g/mol. The molecule has 6 aromatic carbocycles. The Morgan fingerprint density at radius 3 is 2.22 bits per heavy atom. The summed E-state index contributed by atoms with van der Waals surface area (Å²) < 4.78 is 28.3. The van der Waals surface area contributed by atoms with E-state index >= 15 is 0 Å². The maximum atomic E-state index is 8.61. The van der Waals surface area contributed by atoms with Crippen LogP contribution >= 0.6 is 19.4 Å². The third kappa shape index (κ3) is 2.75. The second-order valence-electron chi connectivity index (χ2n) is 9.25. The second kappa shape index (κ2) is 7.64. The van der Waals surface area contributed by atoms with Crippen LogP contribution in [0.1, 0.15) is 9.68 Å². The van der Waals surface area contributed by atoms with Gasteiger partial charge in [0.1, 0.15) is 0 Å². The second-order valence-corrected chi connectivity index (χ2v) is 12.2. The number of rotatable bonds is 1. The third-order valence-corrected chi connectivity index (χ3v) is 10.6. The highest BCUT2D eigenvalue weighted by Crippen LogP contribution is 2.56. The number of fused-ring (bicyclic) bond motifs is 12. The van der Waals surface area contributed by atoms with E-state index in [0.29, 0.717) is 5.56 Å². The lowest BCUT2D eigenvalue weighted by molar-refractivity contribution is 1.53. The van der Waals surface area contributed by atoms with E-state index in [2.05, 4.69) is 77.9 Å². The number of nitrogens with one attached hydrogen (secondary N) is 1. The number of aryl methyl sites for hydroxylation is 1. The summed E-state index contributed by atoms with van der Waals surface area (Å²) in [5, 5.41) is 12.9. The fourth-order valence-corrected chi connectivity index (χ4v) is 9.26. The van der Waals surface area contributed by atoms with Gasteiger partial charge in [-0.3, -0.25) is 0 Å². The molecule has 1 aliphatic heterocycles. The molecule has 1 atom stereocenters. The van der Waals surface area contributed by atoms with Gasteiger partial charge < -0.3 is 5.09 Å². The minimum Gasteiger partial charge on any atom is -0.355 e. The highest BCUT2D eigenvalue weighted by atomic mass is 32.1. The Hall–Kier alpha value is -3.71. The first-order chi connectivity index (χ1) is 19.0. The Morgan fingerprint density at radius 1 is 0.694 bits per heavy atom. The van der Waals surface area contributed by atoms with Crippen molar-refractivity contribution in [3.8, 4) is 11.1 Å². The molecule has 0 amide bonds. The molecule has 2 heterocycles. The van der Waals surface area contributed by atoms with E-state index in [1.54, 1.807) is 0 Å². The first kappa shape index (κ1) is 17.7. The molecule has 1 unspecified atom stereocenters. The molecule has 0 spiro atoms. The van der Waals surface area contributed by atoms with Crippen LogP contribution < -0.4 is 15.7 Å². The predicted molar refractivity (Wildman–Crippen MR) is 161 cm³/mol. The van der Waals surface area contributed by atoms with Gasteiger partial charge in [0.2, 0.25) is 0 Å². The SMILES string of the molecule is [2H]C([2H])([2H])c1cc2ccccc2c2c1P(c1ccccc1)Nc1c-2c2ccccc2c2c1sc1ccccc12. The van der Waals surface area contributed by atoms with Gasteiger partial charge in [-0.25, -0.2) is 0 Å². The van der Waals surface area contributed by atoms with Crippen LogP contribution in [0.2, 0.25) is 0 Å². The maximum Gasteiger partial charge on any atom is 0.0645 e. The van der Waals surface area contributed by atoms with Gasteiger partial charge in [0.25, 0.3) is 0 Å². The molecule has 0 bridgehead atoms. The van der Waals surface area contributed by atoms with Crippen LogP contribution in [0.5, 0.6) is 0 Å². The summed E-state index contributed by atoms with van der Waals surface area (Å²) in [6.07, 6.45) is 0. The Balaban J connectivity index is 1.64. The molecule has 1 aromatic heterocycles. The van der Waals surface area contributed by atoms with Crippen molar-refractivity contribution < 1.29 is 4.11 Å². The quantitative estimate of drug-likeness (QED) is 0.223. The van der Waals surface area contributed by atoms with Crippen molar-refractivity contribution in [2.45, 2.75) is 6.85 Å². The standard InChI is InChI=1S/C33H22NPS/c1-20-19-21-11-5-6-14-23(21)30-29-25-16-8-7-15-24(25)28-26-17-9-10-18-27(26)36-33(28)31(29)34-35(32(20)30)22-12-3-2-4-13-22/h2-19,34H,1H3/i1D3. The summed E-state index contributed by atoms with van der Waals surface area (Å²) in [6, 6.07) is 37.7. The zero-order chi connectivity index (χ0) is 26.3. The van der Waals surface area contributed by atoms with Gasteiger partial charge in [-0.1, -0.05) is 103 Å². The lowest BCUT2D eigenvalue weighted by Gasteiger charge is -2.33. The number of hydrogen-bond acceptors (Lipinski definition) is 2. The Morgan fingerprint density at radius 2 is 1.39 bits per heavy atom. The van der Waals surface area contributed by atoms with Gasteiger partial charge in [0.05, 0.1) is 18.5 Å². The summed E-state index contributed by atoms with van der Waals surface area (Å²) in [6.45, 7) is -2.25. The van der Waals surface area contributed by atoms with Crippen molar-refractivity contribution >= 4 is 77.4 Å². The topological polar surface area (TPSA) is 12.0 Å². The Bertz CT molecular complexity index is 2100. The molecule has 0 radical (unpaired) electrons. The van der Waals surface area contributed by atoms with Gasteiger partial charge in [-0.2, -0.15) is 0 Å². The van der Waals surface area contributed by atoms with Gasteiger partial charge in [0.15, 0.2) is 0 Å². The highest BCUT2D eigenvalue weighted by molar-refractivity contribution is 7.75. The van der Waals surface area contributed by atoms with E-state index in [-0.39, 0.29) is 0 Å². The molecule has 170 valence electrons. The molecule has 7 aromatic rings. The number of benzene rings is 6. The molecule has 0 saturated heterocycles. The summed E-state index contributed by atoms with van der Waals surface area (Å²) in [5.41, 5.74) is 3.71. The normalized spacial score (nSPS) is 16.3. The molecule has 1 nitrogen and oxygen atoms in total. The molecule has 8 rings (SSSR count). The predicted octanol–water partition coefficient (Wildman–Crippen LogP) is 9.11. The van der Waals surface area contributed by atoms with E-state index in [0.717, 1.165) is 43.6 Å². The van der Waals surface area contributed by atoms with Crippen molar-refractivity contribution in [2.24, 2.45) is 0 Å². The molecular formula is C33H22NPS. The summed E-state index contributed by atoms with van der Waals surface area (Å²) in [4.78, 5) is 0. The molecule has 36 heavy (non-hydrogen) atoms. The van der Waals surface area contributed by atoms with Crippen molar-refractivity contribution in [3.63, 3.8) is 0 Å². The van der Waals surface area contributed by atoms with Crippen LogP contribution in [0.25, 0.3) is 52.8 Å². The molecule has 1 N–H and O–H groups in total. The lowest BCUT2D eigenvalue weighted by Crippen LogP contribution is -2.25. The van der Waals surface area contributed by atoms with Crippen molar-refractivity contribution in [1.82, 2.24) is 0 Å². The van der Waals surface area contributed by atoms with Crippen molar-refractivity contribution in [3.05, 3.63) is 115 Å². The smallest absolute Gasteiger partial charge is 0.0645 e. The molecule has 0 saturated carbocycles. The fourth-order valence-electron chi connectivity index (χ4n) is 5.78. The van der Waals surface area contributed by atoms with E-state index in [9.17, 15) is 0 Å². The van der Waals surface area contributed by atoms with Gasteiger partial charge in [0, 0.05) is 41.3 Å². The molecule has 0 aliphatic carbocycles. The van der Waals surface area contributed by atoms with Crippen LogP contribution in [0.15, 0.2) is 109 Å². The minimum atomic E-state index is -2.25. The summed E-state index contributed by atoms with van der Waals surface area (Å²) >= 11 is 1.81. The van der Waals surface area contributed by atoms with Crippen molar-refractivity contribution in [2.75, 3.05) is 5.09 Å². The fraction of sp³-hybridized carbons (Fsp3) is 0.0303. The Labute approximate surface area is 219 Å². The minimum absolute atomic E-state index is 0.435. The van der Waals surface area contributed by atoms with Crippen LogP contribution in [0, 0.1) is 6.85 Å². The monoisotopic (exact) mass is 498 g/mol. The molecule has 1 aliphatic rings. The van der Waals surface area contributed by atoms with Crippen LogP contribution in [0.3, 0.4) is 0 Å². The maximum absolute atomic E-state index is 8.61. The van der Waals surface area contributed by atoms with Crippen LogP contribution in [0.4, 0.5) is 5.69 Å². The number of hydrogen-bond donors (Lipinski definition) is 1. The Kier molecular flexibility index (Phi) is 3.75.